The fourth-order valence-corrected chi connectivity index (χ4v) is 16.3. The van der Waals surface area contributed by atoms with Gasteiger partial charge in [0.25, 0.3) is 0 Å². The molecule has 0 spiro atoms. The zero-order valence-electron chi connectivity index (χ0n) is 12.7. The second kappa shape index (κ2) is 7.08. The van der Waals surface area contributed by atoms with E-state index in [4.69, 9.17) is 10.5 Å². The van der Waals surface area contributed by atoms with Crippen molar-refractivity contribution in [2.24, 2.45) is 0 Å². The van der Waals surface area contributed by atoms with Crippen molar-refractivity contribution in [1.82, 2.24) is 4.90 Å². The van der Waals surface area contributed by atoms with E-state index in [2.05, 4.69) is 56.3 Å². The van der Waals surface area contributed by atoms with Gasteiger partial charge >= 0.3 is 0 Å². The van der Waals surface area contributed by atoms with E-state index in [0.29, 0.717) is 18.1 Å². The van der Waals surface area contributed by atoms with Gasteiger partial charge in [0.15, 0.2) is 0 Å². The summed E-state index contributed by atoms with van der Waals surface area (Å²) in [5.74, 6) is 0. The molecule has 0 fully saturated rings. The standard InChI is InChI=1S/C13H27N3Si2/c1-17(2,3)13(18(4,5)6)16(11-7-9-14)12-8-10-15/h13H,7-8,11-12H2,1-6H3. The zero-order valence-corrected chi connectivity index (χ0v) is 14.7. The van der Waals surface area contributed by atoms with Gasteiger partial charge in [0.1, 0.15) is 0 Å². The average Bonchev–Trinajstić information content (AvgIpc) is 2.17. The molecular weight excluding hydrogens is 254 g/mol. The second-order valence-electron chi connectivity index (χ2n) is 6.99. The van der Waals surface area contributed by atoms with Crippen LogP contribution in [0, 0.1) is 22.7 Å². The summed E-state index contributed by atoms with van der Waals surface area (Å²) in [4.78, 5) is 2.44. The van der Waals surface area contributed by atoms with Gasteiger partial charge in [-0.05, 0) is 5.29 Å². The van der Waals surface area contributed by atoms with Crippen molar-refractivity contribution in [1.29, 1.82) is 10.5 Å². The van der Waals surface area contributed by atoms with E-state index in [-0.39, 0.29) is 0 Å². The van der Waals surface area contributed by atoms with Crippen molar-refractivity contribution in [2.75, 3.05) is 13.1 Å². The Kier molecular flexibility index (Phi) is 6.84. The lowest BCUT2D eigenvalue weighted by Gasteiger charge is -2.46. The molecule has 0 rings (SSSR count). The van der Waals surface area contributed by atoms with Crippen LogP contribution in [0.3, 0.4) is 0 Å². The van der Waals surface area contributed by atoms with Crippen LogP contribution in [0.25, 0.3) is 0 Å². The second-order valence-corrected chi connectivity index (χ2v) is 18.1. The van der Waals surface area contributed by atoms with E-state index in [9.17, 15) is 0 Å². The Balaban J connectivity index is 5.10. The summed E-state index contributed by atoms with van der Waals surface area (Å²) in [5, 5.41) is 18.2. The minimum absolute atomic E-state index is 0.566. The van der Waals surface area contributed by atoms with Gasteiger partial charge in [-0.15, -0.1) is 0 Å². The van der Waals surface area contributed by atoms with Gasteiger partial charge in [-0.25, -0.2) is 0 Å². The number of nitrogens with zero attached hydrogens (tertiary/aromatic N) is 3. The largest absolute Gasteiger partial charge is 0.304 e. The molecule has 3 nitrogen and oxygen atoms in total. The first-order valence-corrected chi connectivity index (χ1v) is 13.8. The molecule has 0 amide bonds. The summed E-state index contributed by atoms with van der Waals surface area (Å²) in [6.45, 7) is 16.1. The van der Waals surface area contributed by atoms with E-state index < -0.39 is 16.1 Å². The van der Waals surface area contributed by atoms with Crippen LogP contribution < -0.4 is 0 Å². The SMILES string of the molecule is C[Si](C)(C)C(N(CCC#N)CCC#N)[Si](C)(C)C. The summed E-state index contributed by atoms with van der Waals surface area (Å²) in [6, 6.07) is 4.48. The number of nitriles is 2. The lowest BCUT2D eigenvalue weighted by molar-refractivity contribution is 0.296. The van der Waals surface area contributed by atoms with Crippen LogP contribution >= 0.6 is 0 Å². The molecule has 102 valence electrons. The molecule has 0 aliphatic carbocycles. The van der Waals surface area contributed by atoms with Crippen LogP contribution in [0.1, 0.15) is 12.8 Å². The summed E-state index contributed by atoms with van der Waals surface area (Å²) in [7, 11) is -2.63. The Morgan fingerprint density at radius 1 is 0.833 bits per heavy atom. The molecule has 0 aliphatic rings. The van der Waals surface area contributed by atoms with Crippen molar-refractivity contribution in [2.45, 2.75) is 57.4 Å². The maximum absolute atomic E-state index is 8.81. The Labute approximate surface area is 114 Å². The highest BCUT2D eigenvalue weighted by molar-refractivity contribution is 6.96. The predicted octanol–water partition coefficient (Wildman–Crippen LogP) is 3.24. The third kappa shape index (κ3) is 5.81. The van der Waals surface area contributed by atoms with Crippen molar-refractivity contribution in [3.8, 4) is 12.1 Å². The maximum atomic E-state index is 8.81. The van der Waals surface area contributed by atoms with Crippen LogP contribution in [0.15, 0.2) is 0 Å². The highest BCUT2D eigenvalue weighted by Gasteiger charge is 2.41. The molecule has 0 bridgehead atoms. The van der Waals surface area contributed by atoms with Crippen LogP contribution in [-0.2, 0) is 0 Å². The molecule has 0 saturated heterocycles. The van der Waals surface area contributed by atoms with E-state index in [1.54, 1.807) is 0 Å². The van der Waals surface area contributed by atoms with Crippen molar-refractivity contribution in [3.05, 3.63) is 0 Å². The summed E-state index contributed by atoms with van der Waals surface area (Å²) < 4.78 is 0. The average molecular weight is 282 g/mol. The predicted molar refractivity (Wildman–Crippen MR) is 82.5 cm³/mol. The minimum Gasteiger partial charge on any atom is -0.304 e. The van der Waals surface area contributed by atoms with E-state index >= 15 is 0 Å². The smallest absolute Gasteiger partial charge is 0.0635 e. The molecule has 18 heavy (non-hydrogen) atoms. The molecule has 0 saturated carbocycles. The number of rotatable bonds is 7. The molecule has 0 aliphatic heterocycles. The summed E-state index contributed by atoms with van der Waals surface area (Å²) in [6.07, 6.45) is 1.13. The normalized spacial score (nSPS) is 12.6. The van der Waals surface area contributed by atoms with Gasteiger partial charge in [-0.1, -0.05) is 39.3 Å². The van der Waals surface area contributed by atoms with Crippen molar-refractivity contribution < 1.29 is 0 Å². The third-order valence-electron chi connectivity index (χ3n) is 3.03. The van der Waals surface area contributed by atoms with Crippen molar-refractivity contribution in [3.63, 3.8) is 0 Å². The zero-order chi connectivity index (χ0) is 14.4. The molecule has 0 atom stereocenters. The van der Waals surface area contributed by atoms with Gasteiger partial charge < -0.3 is 4.90 Å². The first kappa shape index (κ1) is 17.4. The maximum Gasteiger partial charge on any atom is 0.0635 e. The topological polar surface area (TPSA) is 50.8 Å². The molecule has 0 aromatic rings. The number of hydrogen-bond donors (Lipinski definition) is 0. The van der Waals surface area contributed by atoms with Gasteiger partial charge in [-0.3, -0.25) is 0 Å². The highest BCUT2D eigenvalue weighted by Crippen LogP contribution is 2.25. The van der Waals surface area contributed by atoms with Gasteiger partial charge in [-0.2, -0.15) is 10.5 Å². The Hall–Kier alpha value is -0.626. The molecule has 0 radical (unpaired) electrons. The molecule has 0 aromatic heterocycles. The fraction of sp³-hybridized carbons (Fsp3) is 0.846. The number of hydrogen-bond acceptors (Lipinski definition) is 3. The monoisotopic (exact) mass is 281 g/mol. The lowest BCUT2D eigenvalue weighted by atomic mass is 10.4. The first-order valence-electron chi connectivity index (χ1n) is 6.62. The van der Waals surface area contributed by atoms with E-state index in [1.165, 1.54) is 0 Å². The molecule has 0 heterocycles. The Morgan fingerprint density at radius 2 is 1.17 bits per heavy atom. The van der Waals surface area contributed by atoms with Gasteiger partial charge in [0.2, 0.25) is 0 Å². The van der Waals surface area contributed by atoms with Gasteiger partial charge in [0.05, 0.1) is 28.3 Å². The van der Waals surface area contributed by atoms with E-state index in [1.807, 2.05) is 0 Å². The molecule has 0 N–H and O–H groups in total. The minimum atomic E-state index is -1.32. The molecular formula is C13H27N3Si2. The molecule has 0 unspecified atom stereocenters. The Bertz CT molecular complexity index is 296. The summed E-state index contributed by atoms with van der Waals surface area (Å²) >= 11 is 0. The molecule has 0 aromatic carbocycles. The van der Waals surface area contributed by atoms with E-state index in [0.717, 1.165) is 13.1 Å². The molecule has 5 heteroatoms. The van der Waals surface area contributed by atoms with Crippen LogP contribution in [0.5, 0.6) is 0 Å². The van der Waals surface area contributed by atoms with Gasteiger partial charge in [0, 0.05) is 25.9 Å². The fourth-order valence-electron chi connectivity index (χ4n) is 3.15. The highest BCUT2D eigenvalue weighted by atomic mass is 28.4. The van der Waals surface area contributed by atoms with Crippen molar-refractivity contribution >= 4 is 16.1 Å². The lowest BCUT2D eigenvalue weighted by Crippen LogP contribution is -2.63. The quantitative estimate of drug-likeness (QED) is 0.673. The van der Waals surface area contributed by atoms with Crippen LogP contribution in [-0.4, -0.2) is 39.4 Å². The Morgan fingerprint density at radius 3 is 1.39 bits per heavy atom. The first-order chi connectivity index (χ1) is 8.14. The third-order valence-corrected chi connectivity index (χ3v) is 12.2. The van der Waals surface area contributed by atoms with Crippen LogP contribution in [0.4, 0.5) is 0 Å². The summed E-state index contributed by atoms with van der Waals surface area (Å²) in [5.41, 5.74) is 0. The van der Waals surface area contributed by atoms with Crippen LogP contribution in [0.2, 0.25) is 39.3 Å².